The summed E-state index contributed by atoms with van der Waals surface area (Å²) in [4.78, 5) is 13.6. The van der Waals surface area contributed by atoms with E-state index in [9.17, 15) is 4.79 Å². The van der Waals surface area contributed by atoms with Crippen LogP contribution in [0.5, 0.6) is 0 Å². The maximum Gasteiger partial charge on any atom is 0.237 e. The largest absolute Gasteiger partial charge is 0.316 e. The molecule has 0 spiro atoms. The van der Waals surface area contributed by atoms with Crippen molar-refractivity contribution in [3.63, 3.8) is 0 Å². The van der Waals surface area contributed by atoms with Gasteiger partial charge in [0.15, 0.2) is 0 Å². The summed E-state index contributed by atoms with van der Waals surface area (Å²) in [7, 11) is 0. The number of amides is 1. The molecule has 2 aliphatic rings. The molecule has 0 aromatic heterocycles. The van der Waals surface area contributed by atoms with E-state index < -0.39 is 0 Å². The molecule has 1 unspecified atom stereocenters. The summed E-state index contributed by atoms with van der Waals surface area (Å²) < 4.78 is 0. The van der Waals surface area contributed by atoms with Gasteiger partial charge in [0.25, 0.3) is 0 Å². The molecule has 0 bridgehead atoms. The van der Waals surface area contributed by atoms with Gasteiger partial charge in [0.1, 0.15) is 0 Å². The number of halogens is 1. The minimum atomic E-state index is 0.225. The van der Waals surface area contributed by atoms with Gasteiger partial charge in [0.2, 0.25) is 5.91 Å². The lowest BCUT2D eigenvalue weighted by molar-refractivity contribution is -0.127. The van der Waals surface area contributed by atoms with Crippen LogP contribution in [0.25, 0.3) is 0 Å². The number of hydrogen-bond donors (Lipinski definition) is 0. The van der Waals surface area contributed by atoms with Gasteiger partial charge < -0.3 is 4.90 Å². The fourth-order valence-electron chi connectivity index (χ4n) is 2.52. The second-order valence-corrected chi connectivity index (χ2v) is 4.64. The molecule has 0 N–H and O–H groups in total. The van der Waals surface area contributed by atoms with Gasteiger partial charge in [-0.3, -0.25) is 4.79 Å². The molecule has 2 rings (SSSR count). The SMILES string of the molecule is O=C(CBr)N1CCCC2CCCC=C21. The van der Waals surface area contributed by atoms with Crippen molar-refractivity contribution in [1.29, 1.82) is 0 Å². The molecular formula is C11H16BrNO. The highest BCUT2D eigenvalue weighted by Crippen LogP contribution is 2.34. The summed E-state index contributed by atoms with van der Waals surface area (Å²) in [5, 5.41) is 0.455. The van der Waals surface area contributed by atoms with Crippen molar-refractivity contribution in [2.75, 3.05) is 11.9 Å². The maximum atomic E-state index is 11.7. The Morgan fingerprint density at radius 2 is 2.29 bits per heavy atom. The van der Waals surface area contributed by atoms with Crippen LogP contribution in [0, 0.1) is 5.92 Å². The molecule has 0 radical (unpaired) electrons. The number of fused-ring (bicyclic) bond motifs is 1. The molecule has 3 heteroatoms. The summed E-state index contributed by atoms with van der Waals surface area (Å²) in [6.07, 6.45) is 8.44. The molecule has 1 fully saturated rings. The summed E-state index contributed by atoms with van der Waals surface area (Å²) in [6, 6.07) is 0. The Balaban J connectivity index is 2.16. The van der Waals surface area contributed by atoms with Crippen molar-refractivity contribution in [1.82, 2.24) is 4.90 Å². The Morgan fingerprint density at radius 3 is 3.07 bits per heavy atom. The van der Waals surface area contributed by atoms with E-state index in [1.807, 2.05) is 4.90 Å². The van der Waals surface area contributed by atoms with Crippen LogP contribution in [0.15, 0.2) is 11.8 Å². The van der Waals surface area contributed by atoms with Gasteiger partial charge in [0, 0.05) is 12.2 Å². The Labute approximate surface area is 93.5 Å². The van der Waals surface area contributed by atoms with Crippen molar-refractivity contribution < 1.29 is 4.79 Å². The van der Waals surface area contributed by atoms with Crippen molar-refractivity contribution >= 4 is 21.8 Å². The quantitative estimate of drug-likeness (QED) is 0.662. The average molecular weight is 258 g/mol. The van der Waals surface area contributed by atoms with E-state index >= 15 is 0 Å². The van der Waals surface area contributed by atoms with E-state index in [-0.39, 0.29) is 5.91 Å². The molecule has 1 aliphatic carbocycles. The molecule has 1 atom stereocenters. The first-order chi connectivity index (χ1) is 6.83. The molecule has 1 heterocycles. The lowest BCUT2D eigenvalue weighted by Crippen LogP contribution is -2.39. The van der Waals surface area contributed by atoms with Gasteiger partial charge in [-0.1, -0.05) is 22.0 Å². The van der Waals surface area contributed by atoms with Crippen LogP contribution in [0.2, 0.25) is 0 Å². The van der Waals surface area contributed by atoms with Crippen LogP contribution in [0.3, 0.4) is 0 Å². The average Bonchev–Trinajstić information content (AvgIpc) is 2.27. The van der Waals surface area contributed by atoms with E-state index in [4.69, 9.17) is 0 Å². The molecule has 1 aliphatic heterocycles. The zero-order valence-corrected chi connectivity index (χ0v) is 9.92. The number of carbonyl (C=O) groups is 1. The molecule has 0 aromatic carbocycles. The number of likely N-dealkylation sites (tertiary alicyclic amines) is 1. The van der Waals surface area contributed by atoms with Gasteiger partial charge in [-0.05, 0) is 38.0 Å². The Morgan fingerprint density at radius 1 is 1.50 bits per heavy atom. The van der Waals surface area contributed by atoms with E-state index in [0.29, 0.717) is 11.2 Å². The molecule has 78 valence electrons. The van der Waals surface area contributed by atoms with Crippen LogP contribution in [0.4, 0.5) is 0 Å². The Kier molecular flexibility index (Phi) is 3.26. The monoisotopic (exact) mass is 257 g/mol. The highest BCUT2D eigenvalue weighted by molar-refractivity contribution is 9.09. The molecule has 0 saturated carbocycles. The van der Waals surface area contributed by atoms with Crippen molar-refractivity contribution in [3.8, 4) is 0 Å². The molecule has 2 nitrogen and oxygen atoms in total. The minimum absolute atomic E-state index is 0.225. The first kappa shape index (κ1) is 10.2. The van der Waals surface area contributed by atoms with Crippen LogP contribution < -0.4 is 0 Å². The fourth-order valence-corrected chi connectivity index (χ4v) is 2.82. The van der Waals surface area contributed by atoms with Crippen LogP contribution >= 0.6 is 15.9 Å². The van der Waals surface area contributed by atoms with E-state index in [0.717, 1.165) is 13.0 Å². The normalized spacial score (nSPS) is 26.8. The lowest BCUT2D eigenvalue weighted by atomic mass is 9.85. The zero-order chi connectivity index (χ0) is 9.97. The summed E-state index contributed by atoms with van der Waals surface area (Å²) in [6.45, 7) is 0.923. The van der Waals surface area contributed by atoms with Gasteiger partial charge in [-0.25, -0.2) is 0 Å². The molecular weight excluding hydrogens is 242 g/mol. The number of hydrogen-bond acceptors (Lipinski definition) is 1. The fraction of sp³-hybridized carbons (Fsp3) is 0.727. The predicted molar refractivity (Wildman–Crippen MR) is 60.2 cm³/mol. The maximum absolute atomic E-state index is 11.7. The molecule has 1 saturated heterocycles. The van der Waals surface area contributed by atoms with Crippen molar-refractivity contribution in [2.24, 2.45) is 5.92 Å². The summed E-state index contributed by atoms with van der Waals surface area (Å²) >= 11 is 3.25. The first-order valence-electron chi connectivity index (χ1n) is 5.39. The van der Waals surface area contributed by atoms with Gasteiger partial charge in [-0.2, -0.15) is 0 Å². The van der Waals surface area contributed by atoms with Gasteiger partial charge in [0.05, 0.1) is 5.33 Å². The molecule has 1 amide bonds. The number of allylic oxidation sites excluding steroid dienone is 2. The smallest absolute Gasteiger partial charge is 0.237 e. The Hall–Kier alpha value is -0.310. The van der Waals surface area contributed by atoms with Crippen molar-refractivity contribution in [3.05, 3.63) is 11.8 Å². The van der Waals surface area contributed by atoms with E-state index in [1.54, 1.807) is 0 Å². The van der Waals surface area contributed by atoms with E-state index in [1.165, 1.54) is 31.4 Å². The summed E-state index contributed by atoms with van der Waals surface area (Å²) in [5.41, 5.74) is 1.31. The van der Waals surface area contributed by atoms with Crippen LogP contribution in [-0.2, 0) is 4.79 Å². The number of rotatable bonds is 1. The number of alkyl halides is 1. The molecule has 14 heavy (non-hydrogen) atoms. The topological polar surface area (TPSA) is 20.3 Å². The standard InChI is InChI=1S/C11H16BrNO/c12-8-11(14)13-7-3-5-9-4-1-2-6-10(9)13/h6,9H,1-5,7-8H2. The minimum Gasteiger partial charge on any atom is -0.316 e. The van der Waals surface area contributed by atoms with Gasteiger partial charge in [-0.15, -0.1) is 0 Å². The first-order valence-corrected chi connectivity index (χ1v) is 6.51. The Bertz CT molecular complexity index is 262. The predicted octanol–water partition coefficient (Wildman–Crippen LogP) is 2.69. The second kappa shape index (κ2) is 4.47. The highest BCUT2D eigenvalue weighted by Gasteiger charge is 2.29. The lowest BCUT2D eigenvalue weighted by Gasteiger charge is -2.37. The third-order valence-electron chi connectivity index (χ3n) is 3.19. The van der Waals surface area contributed by atoms with Gasteiger partial charge >= 0.3 is 0 Å². The number of nitrogens with zero attached hydrogens (tertiary/aromatic N) is 1. The number of carbonyl (C=O) groups excluding carboxylic acids is 1. The van der Waals surface area contributed by atoms with E-state index in [2.05, 4.69) is 22.0 Å². The molecule has 0 aromatic rings. The van der Waals surface area contributed by atoms with Crippen LogP contribution in [0.1, 0.15) is 32.1 Å². The second-order valence-electron chi connectivity index (χ2n) is 4.08. The van der Waals surface area contributed by atoms with Crippen molar-refractivity contribution in [2.45, 2.75) is 32.1 Å². The summed E-state index contributed by atoms with van der Waals surface area (Å²) in [5.74, 6) is 0.892. The third kappa shape index (κ3) is 1.88. The third-order valence-corrected chi connectivity index (χ3v) is 3.67. The highest BCUT2D eigenvalue weighted by atomic mass is 79.9. The zero-order valence-electron chi connectivity index (χ0n) is 8.34. The van der Waals surface area contributed by atoms with Crippen LogP contribution in [-0.4, -0.2) is 22.7 Å². The number of piperidine rings is 1.